The predicted molar refractivity (Wildman–Crippen MR) is 105 cm³/mol. The molecular formula is C21H24N2O2Se. The molecule has 3 rings (SSSR count). The van der Waals surface area contributed by atoms with Crippen molar-refractivity contribution in [3.05, 3.63) is 64.4 Å². The van der Waals surface area contributed by atoms with Crippen molar-refractivity contribution in [2.24, 2.45) is 0 Å². The second-order valence-corrected chi connectivity index (χ2v) is 8.59. The fraction of sp³-hybridized carbons (Fsp3) is 0.333. The Morgan fingerprint density at radius 1 is 1.15 bits per heavy atom. The minimum absolute atomic E-state index is 0.0983. The van der Waals surface area contributed by atoms with E-state index in [0.29, 0.717) is 12.2 Å². The van der Waals surface area contributed by atoms with Gasteiger partial charge in [0.2, 0.25) is 0 Å². The number of pyridine rings is 1. The third-order valence-corrected chi connectivity index (χ3v) is 7.16. The molecule has 1 aliphatic carbocycles. The van der Waals surface area contributed by atoms with Crippen molar-refractivity contribution in [2.75, 3.05) is 13.7 Å². The Balaban J connectivity index is 1.63. The first-order valence-electron chi connectivity index (χ1n) is 8.99. The quantitative estimate of drug-likeness (QED) is 0.708. The summed E-state index contributed by atoms with van der Waals surface area (Å²) in [7, 11) is 1.73. The molecule has 0 unspecified atom stereocenters. The van der Waals surface area contributed by atoms with Crippen LogP contribution in [0.4, 0.5) is 0 Å². The number of methoxy groups -OCH3 is 1. The number of hydrogen-bond acceptors (Lipinski definition) is 3. The molecule has 136 valence electrons. The molecule has 0 aliphatic heterocycles. The molecular weight excluding hydrogens is 391 g/mol. The number of hydrogen-bond donors (Lipinski definition) is 1. The summed E-state index contributed by atoms with van der Waals surface area (Å²) >= 11 is 0.285. The summed E-state index contributed by atoms with van der Waals surface area (Å²) in [6.07, 6.45) is 7.38. The van der Waals surface area contributed by atoms with E-state index in [0.717, 1.165) is 18.6 Å². The van der Waals surface area contributed by atoms with E-state index >= 15 is 0 Å². The van der Waals surface area contributed by atoms with Gasteiger partial charge in [0, 0.05) is 0 Å². The third kappa shape index (κ3) is 4.96. The zero-order valence-corrected chi connectivity index (χ0v) is 16.7. The van der Waals surface area contributed by atoms with Crippen molar-refractivity contribution in [2.45, 2.75) is 32.1 Å². The number of carbonyl (C=O) groups excluding carboxylic acids is 1. The number of carbonyl (C=O) groups is 1. The SMILES string of the molecule is COc1ccccc1[Se]C1=C(CCNC(=O)c2ccccn2)CCCC1. The van der Waals surface area contributed by atoms with Crippen LogP contribution in [0.3, 0.4) is 0 Å². The Kier molecular flexibility index (Phi) is 6.87. The number of allylic oxidation sites excluding steroid dienone is 1. The van der Waals surface area contributed by atoms with Crippen molar-refractivity contribution in [1.82, 2.24) is 10.3 Å². The van der Waals surface area contributed by atoms with Crippen LogP contribution in [-0.4, -0.2) is 39.5 Å². The number of nitrogens with zero attached hydrogens (tertiary/aromatic N) is 1. The van der Waals surface area contributed by atoms with E-state index in [1.807, 2.05) is 24.3 Å². The molecule has 0 atom stereocenters. The standard InChI is InChI=1S/C21H24N2O2Se/c1-25-18-10-3-5-12-20(18)26-19-11-4-2-8-16(19)13-15-23-21(24)17-9-6-7-14-22-17/h3,5-7,9-10,12,14H,2,4,8,11,13,15H2,1H3,(H,23,24). The summed E-state index contributed by atoms with van der Waals surface area (Å²) in [4.78, 5) is 16.2. The average Bonchev–Trinajstić information content (AvgIpc) is 2.70. The predicted octanol–water partition coefficient (Wildman–Crippen LogP) is 3.07. The Morgan fingerprint density at radius 2 is 1.96 bits per heavy atom. The molecule has 1 N–H and O–H groups in total. The fourth-order valence-electron chi connectivity index (χ4n) is 3.08. The number of aromatic nitrogens is 1. The van der Waals surface area contributed by atoms with Crippen molar-refractivity contribution >= 4 is 25.3 Å². The zero-order valence-electron chi connectivity index (χ0n) is 15.0. The number of benzene rings is 1. The molecule has 1 aliphatic rings. The zero-order chi connectivity index (χ0) is 18.2. The number of rotatable bonds is 7. The molecule has 1 aromatic heterocycles. The molecule has 1 amide bonds. The van der Waals surface area contributed by atoms with Gasteiger partial charge < -0.3 is 0 Å². The maximum absolute atomic E-state index is 12.1. The van der Waals surface area contributed by atoms with Gasteiger partial charge in [-0.15, -0.1) is 0 Å². The first-order chi connectivity index (χ1) is 12.8. The number of ether oxygens (including phenoxy) is 1. The van der Waals surface area contributed by atoms with Gasteiger partial charge in [-0.25, -0.2) is 0 Å². The maximum atomic E-state index is 12.1. The van der Waals surface area contributed by atoms with E-state index in [9.17, 15) is 4.79 Å². The molecule has 4 nitrogen and oxygen atoms in total. The Bertz CT molecular complexity index is 775. The van der Waals surface area contributed by atoms with E-state index in [1.54, 1.807) is 23.8 Å². The molecule has 26 heavy (non-hydrogen) atoms. The topological polar surface area (TPSA) is 51.2 Å². The molecule has 2 aromatic rings. The van der Waals surface area contributed by atoms with Gasteiger partial charge in [0.05, 0.1) is 0 Å². The Morgan fingerprint density at radius 3 is 2.77 bits per heavy atom. The van der Waals surface area contributed by atoms with Crippen LogP contribution in [0.2, 0.25) is 0 Å². The molecule has 1 aromatic carbocycles. The van der Waals surface area contributed by atoms with Crippen LogP contribution in [0.5, 0.6) is 5.75 Å². The second kappa shape index (κ2) is 9.56. The van der Waals surface area contributed by atoms with E-state index in [2.05, 4.69) is 22.4 Å². The molecule has 0 radical (unpaired) electrons. The van der Waals surface area contributed by atoms with Crippen LogP contribution < -0.4 is 14.5 Å². The fourth-order valence-corrected chi connectivity index (χ4v) is 5.72. The van der Waals surface area contributed by atoms with Crippen LogP contribution in [-0.2, 0) is 0 Å². The summed E-state index contributed by atoms with van der Waals surface area (Å²) in [5.74, 6) is 0.882. The number of amides is 1. The Hall–Kier alpha value is -2.10. The molecule has 0 spiro atoms. The van der Waals surface area contributed by atoms with E-state index in [4.69, 9.17) is 4.74 Å². The van der Waals surface area contributed by atoms with Gasteiger partial charge in [-0.05, 0) is 0 Å². The van der Waals surface area contributed by atoms with E-state index < -0.39 is 0 Å². The van der Waals surface area contributed by atoms with Crippen molar-refractivity contribution in [1.29, 1.82) is 0 Å². The van der Waals surface area contributed by atoms with Gasteiger partial charge in [-0.2, -0.15) is 0 Å². The first-order valence-corrected chi connectivity index (χ1v) is 10.7. The molecule has 0 saturated carbocycles. The van der Waals surface area contributed by atoms with Crippen LogP contribution in [0.25, 0.3) is 0 Å². The normalized spacial score (nSPS) is 14.2. The van der Waals surface area contributed by atoms with Crippen LogP contribution in [0, 0.1) is 0 Å². The third-order valence-electron chi connectivity index (χ3n) is 4.44. The van der Waals surface area contributed by atoms with Gasteiger partial charge in [-0.3, -0.25) is 0 Å². The first kappa shape index (κ1) is 18.7. The van der Waals surface area contributed by atoms with Gasteiger partial charge in [0.15, 0.2) is 0 Å². The molecule has 0 fully saturated rings. The van der Waals surface area contributed by atoms with Crippen LogP contribution in [0.1, 0.15) is 42.6 Å². The number of nitrogens with one attached hydrogen (secondary N) is 1. The van der Waals surface area contributed by atoms with Gasteiger partial charge >= 0.3 is 161 Å². The summed E-state index contributed by atoms with van der Waals surface area (Å²) in [6.45, 7) is 0.663. The van der Waals surface area contributed by atoms with Crippen LogP contribution in [0.15, 0.2) is 58.7 Å². The Labute approximate surface area is 161 Å². The van der Waals surface area contributed by atoms with Crippen molar-refractivity contribution < 1.29 is 9.53 Å². The van der Waals surface area contributed by atoms with Gasteiger partial charge in [-0.1, -0.05) is 0 Å². The monoisotopic (exact) mass is 416 g/mol. The summed E-state index contributed by atoms with van der Waals surface area (Å²) in [6, 6.07) is 13.7. The molecule has 0 bridgehead atoms. The van der Waals surface area contributed by atoms with E-state index in [-0.39, 0.29) is 20.9 Å². The van der Waals surface area contributed by atoms with Gasteiger partial charge in [0.25, 0.3) is 0 Å². The average molecular weight is 415 g/mol. The molecule has 5 heteroatoms. The minimum atomic E-state index is -0.0983. The number of para-hydroxylation sites is 1. The van der Waals surface area contributed by atoms with Crippen molar-refractivity contribution in [3.63, 3.8) is 0 Å². The van der Waals surface area contributed by atoms with Crippen LogP contribution >= 0.6 is 0 Å². The molecule has 1 heterocycles. The van der Waals surface area contributed by atoms with E-state index in [1.165, 1.54) is 29.3 Å². The molecule has 0 saturated heterocycles. The summed E-state index contributed by atoms with van der Waals surface area (Å²) < 4.78 is 8.38. The second-order valence-electron chi connectivity index (χ2n) is 6.21. The summed E-state index contributed by atoms with van der Waals surface area (Å²) in [5.41, 5.74) is 1.99. The van der Waals surface area contributed by atoms with Crippen molar-refractivity contribution in [3.8, 4) is 5.75 Å². The summed E-state index contributed by atoms with van der Waals surface area (Å²) in [5, 5.41) is 3.00. The van der Waals surface area contributed by atoms with Gasteiger partial charge in [0.1, 0.15) is 0 Å².